The first-order valence-corrected chi connectivity index (χ1v) is 7.28. The fourth-order valence-corrected chi connectivity index (χ4v) is 3.18. The average molecular weight is 279 g/mol. The van der Waals surface area contributed by atoms with Gasteiger partial charge in [-0.25, -0.2) is 4.79 Å². The molecular formula is C13H13NO2S2. The molecule has 1 aromatic carbocycles. The average Bonchev–Trinajstić information content (AvgIpc) is 2.73. The highest BCUT2D eigenvalue weighted by atomic mass is 32.2. The maximum Gasteiger partial charge on any atom is 0.338 e. The molecule has 0 amide bonds. The van der Waals surface area contributed by atoms with Gasteiger partial charge in [0.25, 0.3) is 0 Å². The van der Waals surface area contributed by atoms with Crippen LogP contribution in [0.2, 0.25) is 0 Å². The molecule has 0 aliphatic heterocycles. The molecule has 0 spiro atoms. The summed E-state index contributed by atoms with van der Waals surface area (Å²) in [7, 11) is 0. The van der Waals surface area contributed by atoms with E-state index in [0.29, 0.717) is 5.00 Å². The van der Waals surface area contributed by atoms with Crippen LogP contribution < -0.4 is 5.73 Å². The number of carboxylic acids is 1. The minimum Gasteiger partial charge on any atom is -0.478 e. The molecule has 0 radical (unpaired) electrons. The summed E-state index contributed by atoms with van der Waals surface area (Å²) < 4.78 is 0. The van der Waals surface area contributed by atoms with Gasteiger partial charge in [0.05, 0.1) is 5.56 Å². The molecule has 94 valence electrons. The molecule has 3 N–H and O–H groups in total. The van der Waals surface area contributed by atoms with Gasteiger partial charge >= 0.3 is 5.97 Å². The van der Waals surface area contributed by atoms with Gasteiger partial charge in [0, 0.05) is 9.77 Å². The number of hydrogen-bond donors (Lipinski definition) is 2. The Balaban J connectivity index is 2.31. The highest BCUT2D eigenvalue weighted by Crippen LogP contribution is 2.34. The molecule has 0 atom stereocenters. The summed E-state index contributed by atoms with van der Waals surface area (Å²) in [6, 6.07) is 9.70. The van der Waals surface area contributed by atoms with Gasteiger partial charge in [-0.2, -0.15) is 0 Å². The van der Waals surface area contributed by atoms with Gasteiger partial charge in [0.2, 0.25) is 0 Å². The van der Waals surface area contributed by atoms with Gasteiger partial charge in [0.1, 0.15) is 5.00 Å². The number of aromatic carboxylic acids is 1. The SMILES string of the molecule is CCSc1ccc(-c2cc(C(=O)O)c(N)s2)cc1. The molecule has 5 heteroatoms. The number of carbonyl (C=O) groups is 1. The number of hydrogen-bond acceptors (Lipinski definition) is 4. The van der Waals surface area contributed by atoms with Crippen LogP contribution in [0.5, 0.6) is 0 Å². The lowest BCUT2D eigenvalue weighted by molar-refractivity contribution is 0.0698. The van der Waals surface area contributed by atoms with Crippen molar-refractivity contribution in [2.45, 2.75) is 11.8 Å². The first-order valence-electron chi connectivity index (χ1n) is 5.47. The second-order valence-electron chi connectivity index (χ2n) is 3.65. The maximum absolute atomic E-state index is 10.9. The third-order valence-electron chi connectivity index (χ3n) is 2.44. The lowest BCUT2D eigenvalue weighted by Gasteiger charge is -2.00. The number of thiophene rings is 1. The number of carboxylic acid groups (broad SMARTS) is 1. The summed E-state index contributed by atoms with van der Waals surface area (Å²) in [5, 5.41) is 9.31. The standard InChI is InChI=1S/C13H13NO2S2/c1-2-17-9-5-3-8(4-6-9)11-7-10(13(15)16)12(14)18-11/h3-7H,2,14H2,1H3,(H,15,16). The Hall–Kier alpha value is -1.46. The number of anilines is 1. The van der Waals surface area contributed by atoms with Crippen molar-refractivity contribution in [1.29, 1.82) is 0 Å². The first-order chi connectivity index (χ1) is 8.61. The van der Waals surface area contributed by atoms with Crippen LogP contribution in [-0.2, 0) is 0 Å². The molecule has 0 saturated carbocycles. The molecule has 0 aliphatic rings. The predicted molar refractivity (Wildman–Crippen MR) is 77.5 cm³/mol. The fraction of sp³-hybridized carbons (Fsp3) is 0.154. The van der Waals surface area contributed by atoms with Gasteiger partial charge in [-0.15, -0.1) is 23.1 Å². The van der Waals surface area contributed by atoms with E-state index in [1.807, 2.05) is 24.3 Å². The van der Waals surface area contributed by atoms with Gasteiger partial charge in [0.15, 0.2) is 0 Å². The molecule has 1 heterocycles. The molecular weight excluding hydrogens is 266 g/mol. The molecule has 18 heavy (non-hydrogen) atoms. The topological polar surface area (TPSA) is 63.3 Å². The Labute approximate surface area is 114 Å². The number of nitrogens with two attached hydrogens (primary N) is 1. The molecule has 0 bridgehead atoms. The third-order valence-corrected chi connectivity index (χ3v) is 4.35. The molecule has 1 aromatic heterocycles. The number of rotatable bonds is 4. The van der Waals surface area contributed by atoms with Crippen LogP contribution in [0.4, 0.5) is 5.00 Å². The maximum atomic E-state index is 10.9. The van der Waals surface area contributed by atoms with Crippen molar-refractivity contribution >= 4 is 34.1 Å². The first kappa shape index (κ1) is 13.0. The zero-order valence-electron chi connectivity index (χ0n) is 9.84. The molecule has 0 saturated heterocycles. The number of benzene rings is 1. The summed E-state index contributed by atoms with van der Waals surface area (Å²) in [5.74, 6) is 0.0576. The largest absolute Gasteiger partial charge is 0.478 e. The molecule has 0 unspecified atom stereocenters. The minimum absolute atomic E-state index is 0.182. The summed E-state index contributed by atoms with van der Waals surface area (Å²) in [5.41, 5.74) is 6.87. The van der Waals surface area contributed by atoms with Crippen LogP contribution in [-0.4, -0.2) is 16.8 Å². The fourth-order valence-electron chi connectivity index (χ4n) is 1.60. The number of nitrogen functional groups attached to an aromatic ring is 1. The molecule has 3 nitrogen and oxygen atoms in total. The van der Waals surface area contributed by atoms with E-state index >= 15 is 0 Å². The zero-order valence-corrected chi connectivity index (χ0v) is 11.5. The Bertz CT molecular complexity index is 561. The molecule has 0 aliphatic carbocycles. The Morgan fingerprint density at radius 2 is 2.06 bits per heavy atom. The minimum atomic E-state index is -0.979. The summed E-state index contributed by atoms with van der Waals surface area (Å²) in [4.78, 5) is 13.0. The van der Waals surface area contributed by atoms with Crippen molar-refractivity contribution in [3.63, 3.8) is 0 Å². The quantitative estimate of drug-likeness (QED) is 0.835. The van der Waals surface area contributed by atoms with Crippen LogP contribution in [0.15, 0.2) is 35.2 Å². The van der Waals surface area contributed by atoms with E-state index < -0.39 is 5.97 Å². The normalized spacial score (nSPS) is 10.5. The molecule has 2 aromatic rings. The van der Waals surface area contributed by atoms with E-state index in [0.717, 1.165) is 16.2 Å². The van der Waals surface area contributed by atoms with Crippen molar-refractivity contribution in [3.05, 3.63) is 35.9 Å². The Morgan fingerprint density at radius 1 is 1.39 bits per heavy atom. The van der Waals surface area contributed by atoms with Crippen molar-refractivity contribution in [1.82, 2.24) is 0 Å². The van der Waals surface area contributed by atoms with Gasteiger partial charge in [-0.1, -0.05) is 19.1 Å². The summed E-state index contributed by atoms with van der Waals surface area (Å²) >= 11 is 3.08. The smallest absolute Gasteiger partial charge is 0.338 e. The van der Waals surface area contributed by atoms with E-state index in [9.17, 15) is 4.79 Å². The van der Waals surface area contributed by atoms with Crippen molar-refractivity contribution < 1.29 is 9.90 Å². The van der Waals surface area contributed by atoms with Gasteiger partial charge in [-0.05, 0) is 29.5 Å². The van der Waals surface area contributed by atoms with Gasteiger partial charge < -0.3 is 10.8 Å². The Kier molecular flexibility index (Phi) is 3.93. The van der Waals surface area contributed by atoms with E-state index in [1.54, 1.807) is 17.8 Å². The zero-order chi connectivity index (χ0) is 13.1. The second-order valence-corrected chi connectivity index (χ2v) is 6.07. The lowest BCUT2D eigenvalue weighted by Crippen LogP contribution is -1.97. The lowest BCUT2D eigenvalue weighted by atomic mass is 10.1. The van der Waals surface area contributed by atoms with Crippen LogP contribution in [0.25, 0.3) is 10.4 Å². The highest BCUT2D eigenvalue weighted by molar-refractivity contribution is 7.99. The predicted octanol–water partition coefficient (Wildman–Crippen LogP) is 3.81. The van der Waals surface area contributed by atoms with E-state index in [4.69, 9.17) is 10.8 Å². The molecule has 2 rings (SSSR count). The second kappa shape index (κ2) is 5.46. The van der Waals surface area contributed by atoms with E-state index in [2.05, 4.69) is 6.92 Å². The van der Waals surface area contributed by atoms with Crippen LogP contribution in [0, 0.1) is 0 Å². The van der Waals surface area contributed by atoms with Crippen molar-refractivity contribution in [2.24, 2.45) is 0 Å². The Morgan fingerprint density at radius 3 is 2.56 bits per heavy atom. The van der Waals surface area contributed by atoms with Crippen LogP contribution in [0.3, 0.4) is 0 Å². The molecule has 0 fully saturated rings. The number of thioether (sulfide) groups is 1. The van der Waals surface area contributed by atoms with E-state index in [-0.39, 0.29) is 5.56 Å². The summed E-state index contributed by atoms with van der Waals surface area (Å²) in [6.07, 6.45) is 0. The van der Waals surface area contributed by atoms with Gasteiger partial charge in [-0.3, -0.25) is 0 Å². The third kappa shape index (κ3) is 2.68. The van der Waals surface area contributed by atoms with Crippen LogP contribution >= 0.6 is 23.1 Å². The summed E-state index contributed by atoms with van der Waals surface area (Å²) in [6.45, 7) is 2.11. The monoisotopic (exact) mass is 279 g/mol. The van der Waals surface area contributed by atoms with E-state index in [1.165, 1.54) is 16.2 Å². The highest BCUT2D eigenvalue weighted by Gasteiger charge is 2.13. The van der Waals surface area contributed by atoms with Crippen LogP contribution in [0.1, 0.15) is 17.3 Å². The van der Waals surface area contributed by atoms with Crippen molar-refractivity contribution in [3.8, 4) is 10.4 Å². The van der Waals surface area contributed by atoms with Crippen molar-refractivity contribution in [2.75, 3.05) is 11.5 Å².